The van der Waals surface area contributed by atoms with Gasteiger partial charge in [-0.25, -0.2) is 8.42 Å². The summed E-state index contributed by atoms with van der Waals surface area (Å²) in [6.45, 7) is 1.46. The first kappa shape index (κ1) is 21.4. The standard InChI is InChI=1S/C18H21N3O6S/c1-11(22)16(23)12-6-8-14(9-7-12)27-21-18(19)20-17(24)13-4-3-5-15(10-13)28(2,25)26/h3-11,16,22-23H,1-2H3,(H3,19,20,21,24)/t11-,16?/m1/s1. The maximum atomic E-state index is 12.1. The topological polar surface area (TPSA) is 149 Å². The summed E-state index contributed by atoms with van der Waals surface area (Å²) in [5.74, 6) is -0.829. The van der Waals surface area contributed by atoms with E-state index in [0.717, 1.165) is 6.26 Å². The number of hydroxylamine groups is 1. The van der Waals surface area contributed by atoms with Crippen molar-refractivity contribution in [1.82, 2.24) is 10.8 Å². The van der Waals surface area contributed by atoms with Crippen molar-refractivity contribution in [2.24, 2.45) is 0 Å². The average molecular weight is 407 g/mol. The van der Waals surface area contributed by atoms with E-state index < -0.39 is 33.9 Å². The second kappa shape index (κ2) is 8.83. The summed E-state index contributed by atoms with van der Waals surface area (Å²) in [7, 11) is -3.46. The van der Waals surface area contributed by atoms with E-state index in [1.165, 1.54) is 43.3 Å². The van der Waals surface area contributed by atoms with Gasteiger partial charge in [0, 0.05) is 11.8 Å². The highest BCUT2D eigenvalue weighted by atomic mass is 32.2. The van der Waals surface area contributed by atoms with Crippen LogP contribution in [0.4, 0.5) is 0 Å². The van der Waals surface area contributed by atoms with Crippen molar-refractivity contribution in [2.45, 2.75) is 24.0 Å². The molecule has 2 rings (SSSR count). The summed E-state index contributed by atoms with van der Waals surface area (Å²) in [5, 5.41) is 29.1. The number of aliphatic hydroxyl groups excluding tert-OH is 2. The molecule has 0 saturated heterocycles. The number of aliphatic hydroxyl groups is 2. The summed E-state index contributed by atoms with van der Waals surface area (Å²) in [5.41, 5.74) is 2.81. The van der Waals surface area contributed by atoms with Gasteiger partial charge in [0.25, 0.3) is 5.91 Å². The first-order chi connectivity index (χ1) is 13.1. The molecule has 2 aromatic rings. The Hall–Kier alpha value is -2.95. The van der Waals surface area contributed by atoms with E-state index >= 15 is 0 Å². The number of benzene rings is 2. The molecule has 2 aromatic carbocycles. The molecule has 1 unspecified atom stereocenters. The fraction of sp³-hybridized carbons (Fsp3) is 0.222. The minimum Gasteiger partial charge on any atom is -0.390 e. The third-order valence-corrected chi connectivity index (χ3v) is 4.82. The number of hydrogen-bond donors (Lipinski definition) is 5. The first-order valence-corrected chi connectivity index (χ1v) is 10.1. The van der Waals surface area contributed by atoms with E-state index in [9.17, 15) is 23.4 Å². The monoisotopic (exact) mass is 407 g/mol. The van der Waals surface area contributed by atoms with Crippen molar-refractivity contribution in [3.8, 4) is 5.75 Å². The minimum atomic E-state index is -3.46. The van der Waals surface area contributed by atoms with Gasteiger partial charge in [-0.05, 0) is 42.8 Å². The number of carbonyl (C=O) groups is 1. The summed E-state index contributed by atoms with van der Waals surface area (Å²) >= 11 is 0. The predicted octanol–water partition coefficient (Wildman–Crippen LogP) is 0.752. The molecule has 0 bridgehead atoms. The molecule has 28 heavy (non-hydrogen) atoms. The number of rotatable bonds is 6. The van der Waals surface area contributed by atoms with Crippen LogP contribution in [-0.2, 0) is 9.84 Å². The molecular formula is C18H21N3O6S. The van der Waals surface area contributed by atoms with Crippen LogP contribution in [0.3, 0.4) is 0 Å². The summed E-state index contributed by atoms with van der Waals surface area (Å²) in [6.07, 6.45) is -0.913. The summed E-state index contributed by atoms with van der Waals surface area (Å²) in [4.78, 5) is 17.3. The number of amides is 1. The van der Waals surface area contributed by atoms with Crippen LogP contribution in [0.1, 0.15) is 28.9 Å². The second-order valence-corrected chi connectivity index (χ2v) is 8.10. The molecule has 10 heteroatoms. The van der Waals surface area contributed by atoms with Gasteiger partial charge in [-0.15, -0.1) is 0 Å². The molecule has 0 aliphatic heterocycles. The molecule has 0 saturated carbocycles. The number of guanidine groups is 1. The van der Waals surface area contributed by atoms with E-state index in [1.807, 2.05) is 0 Å². The molecule has 9 nitrogen and oxygen atoms in total. The largest absolute Gasteiger partial charge is 0.390 e. The summed E-state index contributed by atoms with van der Waals surface area (Å²) < 4.78 is 23.1. The Morgan fingerprint density at radius 2 is 1.79 bits per heavy atom. The van der Waals surface area contributed by atoms with Crippen LogP contribution >= 0.6 is 0 Å². The van der Waals surface area contributed by atoms with Crippen molar-refractivity contribution < 1.29 is 28.3 Å². The quantitative estimate of drug-likeness (QED) is 0.269. The Balaban J connectivity index is 1.93. The van der Waals surface area contributed by atoms with E-state index in [2.05, 4.69) is 10.8 Å². The lowest BCUT2D eigenvalue weighted by atomic mass is 10.1. The van der Waals surface area contributed by atoms with Gasteiger partial charge >= 0.3 is 0 Å². The van der Waals surface area contributed by atoms with Crippen molar-refractivity contribution >= 4 is 21.7 Å². The molecular weight excluding hydrogens is 386 g/mol. The zero-order chi connectivity index (χ0) is 20.9. The Labute approximate surface area is 162 Å². The van der Waals surface area contributed by atoms with E-state index in [-0.39, 0.29) is 10.5 Å². The van der Waals surface area contributed by atoms with Crippen molar-refractivity contribution in [3.05, 3.63) is 59.7 Å². The Morgan fingerprint density at radius 3 is 2.36 bits per heavy atom. The Kier molecular flexibility index (Phi) is 6.73. The van der Waals surface area contributed by atoms with Gasteiger partial charge in [0.1, 0.15) is 6.10 Å². The maximum absolute atomic E-state index is 12.1. The molecule has 2 atom stereocenters. The van der Waals surface area contributed by atoms with E-state index in [1.54, 1.807) is 12.1 Å². The smallest absolute Gasteiger partial charge is 0.258 e. The minimum absolute atomic E-state index is 0.00429. The van der Waals surface area contributed by atoms with Crippen LogP contribution < -0.4 is 15.6 Å². The molecule has 0 aromatic heterocycles. The van der Waals surface area contributed by atoms with Gasteiger partial charge in [0.05, 0.1) is 11.0 Å². The van der Waals surface area contributed by atoms with E-state index in [0.29, 0.717) is 11.3 Å². The van der Waals surface area contributed by atoms with Crippen molar-refractivity contribution in [3.63, 3.8) is 0 Å². The third-order valence-electron chi connectivity index (χ3n) is 3.71. The molecule has 150 valence electrons. The van der Waals surface area contributed by atoms with Crippen LogP contribution in [0.5, 0.6) is 5.75 Å². The van der Waals surface area contributed by atoms with Crippen LogP contribution in [-0.4, -0.2) is 42.9 Å². The average Bonchev–Trinajstić information content (AvgIpc) is 2.65. The number of carbonyl (C=O) groups excluding carboxylic acids is 1. The highest BCUT2D eigenvalue weighted by Crippen LogP contribution is 2.19. The molecule has 0 aliphatic rings. The van der Waals surface area contributed by atoms with Gasteiger partial charge < -0.3 is 15.1 Å². The SMILES string of the molecule is C[C@@H](O)C(O)c1ccc(ONC(=N)NC(=O)c2cccc(S(C)(=O)=O)c2)cc1. The fourth-order valence-electron chi connectivity index (χ4n) is 2.20. The van der Waals surface area contributed by atoms with Crippen LogP contribution in [0, 0.1) is 5.41 Å². The molecule has 5 N–H and O–H groups in total. The van der Waals surface area contributed by atoms with Gasteiger partial charge in [-0.2, -0.15) is 5.48 Å². The van der Waals surface area contributed by atoms with E-state index in [4.69, 9.17) is 10.2 Å². The zero-order valence-electron chi connectivity index (χ0n) is 15.2. The Bertz CT molecular complexity index is 958. The summed E-state index contributed by atoms with van der Waals surface area (Å²) in [6, 6.07) is 11.6. The highest BCUT2D eigenvalue weighted by Gasteiger charge is 2.14. The van der Waals surface area contributed by atoms with Gasteiger partial charge in [0.2, 0.25) is 5.96 Å². The lowest BCUT2D eigenvalue weighted by molar-refractivity contribution is 0.0305. The third kappa shape index (κ3) is 5.78. The number of hydrogen-bond acceptors (Lipinski definition) is 7. The second-order valence-electron chi connectivity index (χ2n) is 6.09. The molecule has 0 heterocycles. The normalized spacial score (nSPS) is 13.3. The van der Waals surface area contributed by atoms with Crippen LogP contribution in [0.15, 0.2) is 53.4 Å². The van der Waals surface area contributed by atoms with Gasteiger partial charge in [-0.3, -0.25) is 15.5 Å². The molecule has 0 aliphatic carbocycles. The van der Waals surface area contributed by atoms with Crippen LogP contribution in [0.2, 0.25) is 0 Å². The number of nitrogens with one attached hydrogen (secondary N) is 3. The van der Waals surface area contributed by atoms with Gasteiger partial charge in [-0.1, -0.05) is 18.2 Å². The predicted molar refractivity (Wildman–Crippen MR) is 102 cm³/mol. The molecule has 1 amide bonds. The van der Waals surface area contributed by atoms with Crippen LogP contribution in [0.25, 0.3) is 0 Å². The Morgan fingerprint density at radius 1 is 1.14 bits per heavy atom. The zero-order valence-corrected chi connectivity index (χ0v) is 16.0. The fourth-order valence-corrected chi connectivity index (χ4v) is 2.87. The first-order valence-electron chi connectivity index (χ1n) is 8.17. The number of sulfone groups is 1. The van der Waals surface area contributed by atoms with Crippen molar-refractivity contribution in [2.75, 3.05) is 6.26 Å². The molecule has 0 spiro atoms. The highest BCUT2D eigenvalue weighted by molar-refractivity contribution is 7.90. The molecule has 0 fully saturated rings. The van der Waals surface area contributed by atoms with Gasteiger partial charge in [0.15, 0.2) is 15.6 Å². The van der Waals surface area contributed by atoms with Crippen molar-refractivity contribution in [1.29, 1.82) is 5.41 Å². The maximum Gasteiger partial charge on any atom is 0.258 e. The lowest BCUT2D eigenvalue weighted by Crippen LogP contribution is -2.41. The lowest BCUT2D eigenvalue weighted by Gasteiger charge is -2.15. The molecule has 0 radical (unpaired) electrons.